The lowest BCUT2D eigenvalue weighted by molar-refractivity contribution is 0.199. The van der Waals surface area contributed by atoms with Crippen LogP contribution in [-0.4, -0.2) is 30.0 Å². The van der Waals surface area contributed by atoms with E-state index in [0.717, 1.165) is 41.2 Å². The number of hydrogen-bond donors (Lipinski definition) is 1. The van der Waals surface area contributed by atoms with Gasteiger partial charge in [0.1, 0.15) is 0 Å². The molecule has 0 unspecified atom stereocenters. The zero-order valence-electron chi connectivity index (χ0n) is 12.1. The Kier molecular flexibility index (Phi) is 5.34. The third-order valence-corrected chi connectivity index (χ3v) is 3.70. The van der Waals surface area contributed by atoms with Crippen molar-refractivity contribution in [1.82, 2.24) is 15.1 Å². The fourth-order valence-electron chi connectivity index (χ4n) is 2.11. The van der Waals surface area contributed by atoms with E-state index in [1.807, 2.05) is 11.6 Å². The van der Waals surface area contributed by atoms with E-state index in [0.29, 0.717) is 0 Å². The van der Waals surface area contributed by atoms with Crippen molar-refractivity contribution < 1.29 is 4.74 Å². The van der Waals surface area contributed by atoms with Gasteiger partial charge in [0.05, 0.1) is 18.0 Å². The van der Waals surface area contributed by atoms with E-state index in [1.165, 1.54) is 5.56 Å². The van der Waals surface area contributed by atoms with Crippen molar-refractivity contribution in [3.05, 3.63) is 45.7 Å². The van der Waals surface area contributed by atoms with Crippen LogP contribution in [-0.2, 0) is 11.3 Å². The molecular weight excluding hydrogens is 318 g/mol. The average molecular weight is 338 g/mol. The van der Waals surface area contributed by atoms with Crippen LogP contribution in [0.4, 0.5) is 0 Å². The second-order valence-corrected chi connectivity index (χ2v) is 5.65. The van der Waals surface area contributed by atoms with E-state index in [9.17, 15) is 0 Å². The highest BCUT2D eigenvalue weighted by Crippen LogP contribution is 2.23. The molecule has 0 saturated carbocycles. The van der Waals surface area contributed by atoms with Crippen LogP contribution in [0.3, 0.4) is 0 Å². The Labute approximate surface area is 128 Å². The van der Waals surface area contributed by atoms with Gasteiger partial charge in [0.2, 0.25) is 0 Å². The van der Waals surface area contributed by atoms with Gasteiger partial charge in [-0.15, -0.1) is 0 Å². The molecule has 1 N–H and O–H groups in total. The van der Waals surface area contributed by atoms with E-state index in [4.69, 9.17) is 4.74 Å². The van der Waals surface area contributed by atoms with Crippen molar-refractivity contribution in [2.75, 3.05) is 20.3 Å². The van der Waals surface area contributed by atoms with Gasteiger partial charge < -0.3 is 10.1 Å². The van der Waals surface area contributed by atoms with Crippen LogP contribution in [0.15, 0.2) is 28.7 Å². The van der Waals surface area contributed by atoms with Crippen LogP contribution in [0, 0.1) is 13.8 Å². The highest BCUT2D eigenvalue weighted by molar-refractivity contribution is 9.10. The number of benzene rings is 1. The van der Waals surface area contributed by atoms with Crippen molar-refractivity contribution in [2.24, 2.45) is 0 Å². The topological polar surface area (TPSA) is 39.1 Å². The maximum Gasteiger partial charge on any atom is 0.0790 e. The zero-order chi connectivity index (χ0) is 14.5. The molecule has 4 nitrogen and oxygen atoms in total. The van der Waals surface area contributed by atoms with Crippen molar-refractivity contribution in [1.29, 1.82) is 0 Å². The molecule has 0 amide bonds. The van der Waals surface area contributed by atoms with Gasteiger partial charge in [0.25, 0.3) is 0 Å². The number of aryl methyl sites for hydroxylation is 2. The second-order valence-electron chi connectivity index (χ2n) is 4.79. The highest BCUT2D eigenvalue weighted by Gasteiger charge is 2.08. The zero-order valence-corrected chi connectivity index (χ0v) is 13.7. The minimum absolute atomic E-state index is 0.727. The Morgan fingerprint density at radius 3 is 2.70 bits per heavy atom. The van der Waals surface area contributed by atoms with E-state index >= 15 is 0 Å². The van der Waals surface area contributed by atoms with E-state index < -0.39 is 0 Å². The van der Waals surface area contributed by atoms with Gasteiger partial charge in [0, 0.05) is 30.4 Å². The van der Waals surface area contributed by atoms with E-state index in [2.05, 4.69) is 57.5 Å². The summed E-state index contributed by atoms with van der Waals surface area (Å²) in [5.74, 6) is 0. The molecule has 108 valence electrons. The van der Waals surface area contributed by atoms with Gasteiger partial charge in [-0.2, -0.15) is 5.10 Å². The number of methoxy groups -OCH3 is 1. The molecule has 0 atom stereocenters. The van der Waals surface area contributed by atoms with Crippen LogP contribution in [0.2, 0.25) is 0 Å². The minimum atomic E-state index is 0.727. The van der Waals surface area contributed by atoms with Crippen LogP contribution in [0.5, 0.6) is 0 Å². The van der Waals surface area contributed by atoms with E-state index in [-0.39, 0.29) is 0 Å². The first kappa shape index (κ1) is 15.2. The summed E-state index contributed by atoms with van der Waals surface area (Å²) < 4.78 is 8.02. The standard InChI is InChI=1S/C15H20BrN3O/c1-11-8-12(2)19(18-11)15-5-4-13(9-14(15)16)10-17-6-7-20-3/h4-5,8-9,17H,6-7,10H2,1-3H3. The molecule has 0 aliphatic heterocycles. The Balaban J connectivity index is 2.12. The third-order valence-electron chi connectivity index (χ3n) is 3.06. The summed E-state index contributed by atoms with van der Waals surface area (Å²) >= 11 is 3.64. The second kappa shape index (κ2) is 7.02. The summed E-state index contributed by atoms with van der Waals surface area (Å²) in [6.45, 7) is 6.48. The fourth-order valence-corrected chi connectivity index (χ4v) is 2.71. The Bertz CT molecular complexity index is 580. The lowest BCUT2D eigenvalue weighted by atomic mass is 10.2. The van der Waals surface area contributed by atoms with Crippen molar-refractivity contribution >= 4 is 15.9 Å². The molecule has 20 heavy (non-hydrogen) atoms. The largest absolute Gasteiger partial charge is 0.383 e. The summed E-state index contributed by atoms with van der Waals surface area (Å²) in [5.41, 5.74) is 4.46. The van der Waals surface area contributed by atoms with Crippen LogP contribution < -0.4 is 5.32 Å². The predicted molar refractivity (Wildman–Crippen MR) is 84.3 cm³/mol. The van der Waals surface area contributed by atoms with Gasteiger partial charge in [-0.1, -0.05) is 6.07 Å². The van der Waals surface area contributed by atoms with Gasteiger partial charge in [-0.25, -0.2) is 4.68 Å². The number of aromatic nitrogens is 2. The molecule has 1 aromatic heterocycles. The molecule has 0 spiro atoms. The molecule has 2 rings (SSSR count). The maximum atomic E-state index is 5.01. The number of ether oxygens (including phenoxy) is 1. The molecule has 0 fully saturated rings. The molecular formula is C15H20BrN3O. The molecule has 2 aromatic rings. The summed E-state index contributed by atoms with van der Waals surface area (Å²) in [5, 5.41) is 7.85. The first-order valence-corrected chi connectivity index (χ1v) is 7.43. The Morgan fingerprint density at radius 2 is 2.10 bits per heavy atom. The lowest BCUT2D eigenvalue weighted by Crippen LogP contribution is -2.18. The van der Waals surface area contributed by atoms with Crippen LogP contribution in [0.1, 0.15) is 17.0 Å². The third kappa shape index (κ3) is 3.69. The summed E-state index contributed by atoms with van der Waals surface area (Å²) in [4.78, 5) is 0. The summed E-state index contributed by atoms with van der Waals surface area (Å²) in [6, 6.07) is 8.42. The molecule has 1 aromatic carbocycles. The van der Waals surface area contributed by atoms with Crippen LogP contribution >= 0.6 is 15.9 Å². The van der Waals surface area contributed by atoms with Crippen molar-refractivity contribution in [2.45, 2.75) is 20.4 Å². The smallest absolute Gasteiger partial charge is 0.0790 e. The van der Waals surface area contributed by atoms with Gasteiger partial charge in [-0.3, -0.25) is 0 Å². The molecule has 0 aliphatic carbocycles. The van der Waals surface area contributed by atoms with Crippen molar-refractivity contribution in [3.63, 3.8) is 0 Å². The van der Waals surface area contributed by atoms with E-state index in [1.54, 1.807) is 7.11 Å². The molecule has 5 heteroatoms. The highest BCUT2D eigenvalue weighted by atomic mass is 79.9. The number of hydrogen-bond acceptors (Lipinski definition) is 3. The molecule has 0 radical (unpaired) electrons. The predicted octanol–water partition coefficient (Wildman–Crippen LogP) is 2.99. The maximum absolute atomic E-state index is 5.01. The van der Waals surface area contributed by atoms with Gasteiger partial charge in [-0.05, 0) is 53.5 Å². The monoisotopic (exact) mass is 337 g/mol. The molecule has 0 aliphatic rings. The number of halogens is 1. The quantitative estimate of drug-likeness (QED) is 0.823. The molecule has 0 bridgehead atoms. The SMILES string of the molecule is COCCNCc1ccc(-n2nc(C)cc2C)c(Br)c1. The average Bonchev–Trinajstić information content (AvgIpc) is 2.74. The first-order valence-electron chi connectivity index (χ1n) is 6.63. The molecule has 1 heterocycles. The van der Waals surface area contributed by atoms with Gasteiger partial charge >= 0.3 is 0 Å². The lowest BCUT2D eigenvalue weighted by Gasteiger charge is -2.10. The normalized spacial score (nSPS) is 11.0. The number of nitrogens with one attached hydrogen (secondary N) is 1. The Hall–Kier alpha value is -1.17. The number of rotatable bonds is 6. The summed E-state index contributed by atoms with van der Waals surface area (Å²) in [6.07, 6.45) is 0. The number of nitrogens with zero attached hydrogens (tertiary/aromatic N) is 2. The molecule has 0 saturated heterocycles. The van der Waals surface area contributed by atoms with Crippen molar-refractivity contribution in [3.8, 4) is 5.69 Å². The fraction of sp³-hybridized carbons (Fsp3) is 0.400. The first-order chi connectivity index (χ1) is 9.61. The Morgan fingerprint density at radius 1 is 1.30 bits per heavy atom. The minimum Gasteiger partial charge on any atom is -0.383 e. The summed E-state index contributed by atoms with van der Waals surface area (Å²) in [7, 11) is 1.71. The van der Waals surface area contributed by atoms with Gasteiger partial charge in [0.15, 0.2) is 0 Å². The van der Waals surface area contributed by atoms with Crippen LogP contribution in [0.25, 0.3) is 5.69 Å².